The molecule has 0 radical (unpaired) electrons. The van der Waals surface area contributed by atoms with Gasteiger partial charge in [0.2, 0.25) is 0 Å². The standard InChI is InChI=1S/C10H18N4O/c1-3-5-6-14-9(11)8(10(12)15)7(4-2)13-14/h3-6,11H2,1-2H3,(H2,12,15). The molecule has 0 aromatic carbocycles. The molecule has 15 heavy (non-hydrogen) atoms. The maximum atomic E-state index is 11.2. The Morgan fingerprint density at radius 3 is 2.53 bits per heavy atom. The number of primary amides is 1. The van der Waals surface area contributed by atoms with E-state index in [-0.39, 0.29) is 0 Å². The largest absolute Gasteiger partial charge is 0.383 e. The molecule has 0 saturated carbocycles. The summed E-state index contributed by atoms with van der Waals surface area (Å²) >= 11 is 0. The van der Waals surface area contributed by atoms with Crippen molar-refractivity contribution in [2.75, 3.05) is 5.73 Å². The van der Waals surface area contributed by atoms with Crippen molar-refractivity contribution < 1.29 is 4.79 Å². The number of hydrogen-bond acceptors (Lipinski definition) is 3. The maximum absolute atomic E-state index is 11.2. The predicted octanol–water partition coefficient (Wildman–Crippen LogP) is 0.927. The van der Waals surface area contributed by atoms with Crippen LogP contribution in [-0.2, 0) is 13.0 Å². The highest BCUT2D eigenvalue weighted by Crippen LogP contribution is 2.17. The van der Waals surface area contributed by atoms with E-state index in [9.17, 15) is 4.79 Å². The summed E-state index contributed by atoms with van der Waals surface area (Å²) < 4.78 is 1.67. The van der Waals surface area contributed by atoms with Gasteiger partial charge in [0.15, 0.2) is 0 Å². The molecule has 0 aliphatic heterocycles. The second-order valence-corrected chi connectivity index (χ2v) is 3.50. The molecule has 5 nitrogen and oxygen atoms in total. The molecule has 0 aliphatic carbocycles. The van der Waals surface area contributed by atoms with Crippen LogP contribution in [0.3, 0.4) is 0 Å². The molecule has 0 bridgehead atoms. The number of rotatable bonds is 5. The van der Waals surface area contributed by atoms with Crippen LogP contribution in [0.25, 0.3) is 0 Å². The first-order chi connectivity index (χ1) is 7.11. The summed E-state index contributed by atoms with van der Waals surface area (Å²) in [6.07, 6.45) is 2.72. The van der Waals surface area contributed by atoms with Crippen molar-refractivity contribution in [2.24, 2.45) is 5.73 Å². The van der Waals surface area contributed by atoms with Gasteiger partial charge < -0.3 is 11.5 Å². The average Bonchev–Trinajstić information content (AvgIpc) is 2.52. The minimum atomic E-state index is -0.493. The van der Waals surface area contributed by atoms with Crippen LogP contribution in [0.1, 0.15) is 42.7 Å². The van der Waals surface area contributed by atoms with E-state index in [1.807, 2.05) is 6.92 Å². The quantitative estimate of drug-likeness (QED) is 0.757. The summed E-state index contributed by atoms with van der Waals surface area (Å²) in [5.41, 5.74) is 12.2. The van der Waals surface area contributed by atoms with Gasteiger partial charge in [0.25, 0.3) is 5.91 Å². The number of carbonyl (C=O) groups excluding carboxylic acids is 1. The first kappa shape index (κ1) is 11.6. The monoisotopic (exact) mass is 210 g/mol. The molecular formula is C10H18N4O. The zero-order valence-corrected chi connectivity index (χ0v) is 9.29. The average molecular weight is 210 g/mol. The van der Waals surface area contributed by atoms with Gasteiger partial charge in [-0.1, -0.05) is 20.3 Å². The molecule has 4 N–H and O–H groups in total. The van der Waals surface area contributed by atoms with Gasteiger partial charge >= 0.3 is 0 Å². The van der Waals surface area contributed by atoms with Gasteiger partial charge in [0, 0.05) is 6.54 Å². The van der Waals surface area contributed by atoms with E-state index < -0.39 is 5.91 Å². The molecule has 1 aromatic rings. The lowest BCUT2D eigenvalue weighted by molar-refractivity contribution is 0.100. The highest BCUT2D eigenvalue weighted by Gasteiger charge is 2.18. The van der Waals surface area contributed by atoms with Crippen LogP contribution in [0.15, 0.2) is 0 Å². The molecular weight excluding hydrogens is 192 g/mol. The van der Waals surface area contributed by atoms with Crippen LogP contribution in [0.2, 0.25) is 0 Å². The molecule has 0 atom stereocenters. The lowest BCUT2D eigenvalue weighted by Gasteiger charge is -2.02. The molecule has 84 valence electrons. The molecule has 0 unspecified atom stereocenters. The summed E-state index contributed by atoms with van der Waals surface area (Å²) in [6, 6.07) is 0. The Bertz CT molecular complexity index is 357. The third-order valence-corrected chi connectivity index (χ3v) is 2.37. The second kappa shape index (κ2) is 4.82. The molecule has 1 heterocycles. The Balaban J connectivity index is 3.04. The highest BCUT2D eigenvalue weighted by molar-refractivity contribution is 5.98. The normalized spacial score (nSPS) is 10.5. The van der Waals surface area contributed by atoms with Gasteiger partial charge in [0.1, 0.15) is 11.4 Å². The highest BCUT2D eigenvalue weighted by atomic mass is 16.1. The summed E-state index contributed by atoms with van der Waals surface area (Å²) in [5.74, 6) is -0.0973. The lowest BCUT2D eigenvalue weighted by Crippen LogP contribution is -2.15. The molecule has 1 aromatic heterocycles. The maximum Gasteiger partial charge on any atom is 0.254 e. The first-order valence-electron chi connectivity index (χ1n) is 5.26. The van der Waals surface area contributed by atoms with Crippen LogP contribution >= 0.6 is 0 Å². The first-order valence-corrected chi connectivity index (χ1v) is 5.26. The predicted molar refractivity (Wildman–Crippen MR) is 59.4 cm³/mol. The fraction of sp³-hybridized carbons (Fsp3) is 0.600. The van der Waals surface area contributed by atoms with Gasteiger partial charge in [-0.25, -0.2) is 4.68 Å². The minimum absolute atomic E-state index is 0.383. The van der Waals surface area contributed by atoms with E-state index in [4.69, 9.17) is 11.5 Å². The number of aryl methyl sites for hydroxylation is 2. The minimum Gasteiger partial charge on any atom is -0.383 e. The molecule has 1 amide bonds. The number of nitrogens with zero attached hydrogens (tertiary/aromatic N) is 2. The zero-order chi connectivity index (χ0) is 11.4. The van der Waals surface area contributed by atoms with E-state index in [1.165, 1.54) is 0 Å². The van der Waals surface area contributed by atoms with Crippen molar-refractivity contribution in [1.29, 1.82) is 0 Å². The van der Waals surface area contributed by atoms with Crippen molar-refractivity contribution in [3.05, 3.63) is 11.3 Å². The molecule has 0 fully saturated rings. The number of nitrogen functional groups attached to an aromatic ring is 1. The van der Waals surface area contributed by atoms with Crippen LogP contribution < -0.4 is 11.5 Å². The number of aromatic nitrogens is 2. The third kappa shape index (κ3) is 2.29. The SMILES string of the molecule is CCCCn1nc(CC)c(C(N)=O)c1N. The van der Waals surface area contributed by atoms with Crippen LogP contribution in [0, 0.1) is 0 Å². The van der Waals surface area contributed by atoms with Crippen LogP contribution in [-0.4, -0.2) is 15.7 Å². The van der Waals surface area contributed by atoms with E-state index in [2.05, 4.69) is 12.0 Å². The number of carbonyl (C=O) groups is 1. The Morgan fingerprint density at radius 1 is 1.47 bits per heavy atom. The summed E-state index contributed by atoms with van der Waals surface area (Å²) in [5, 5.41) is 4.28. The van der Waals surface area contributed by atoms with E-state index >= 15 is 0 Å². The Morgan fingerprint density at radius 2 is 2.13 bits per heavy atom. The zero-order valence-electron chi connectivity index (χ0n) is 9.29. The number of hydrogen-bond donors (Lipinski definition) is 2. The molecule has 0 spiro atoms. The second-order valence-electron chi connectivity index (χ2n) is 3.50. The van der Waals surface area contributed by atoms with Crippen molar-refractivity contribution >= 4 is 11.7 Å². The fourth-order valence-corrected chi connectivity index (χ4v) is 1.52. The van der Waals surface area contributed by atoms with E-state index in [1.54, 1.807) is 4.68 Å². The third-order valence-electron chi connectivity index (χ3n) is 2.37. The van der Waals surface area contributed by atoms with Crippen LogP contribution in [0.4, 0.5) is 5.82 Å². The van der Waals surface area contributed by atoms with Crippen molar-refractivity contribution in [3.63, 3.8) is 0 Å². The molecule has 1 rings (SSSR count). The smallest absolute Gasteiger partial charge is 0.254 e. The molecule has 0 aliphatic rings. The van der Waals surface area contributed by atoms with Crippen molar-refractivity contribution in [1.82, 2.24) is 9.78 Å². The van der Waals surface area contributed by atoms with E-state index in [0.717, 1.165) is 19.4 Å². The van der Waals surface area contributed by atoms with Gasteiger partial charge in [-0.05, 0) is 12.8 Å². The topological polar surface area (TPSA) is 86.9 Å². The van der Waals surface area contributed by atoms with Gasteiger partial charge in [-0.2, -0.15) is 5.10 Å². The fourth-order valence-electron chi connectivity index (χ4n) is 1.52. The number of nitrogens with two attached hydrogens (primary N) is 2. The summed E-state index contributed by atoms with van der Waals surface area (Å²) in [7, 11) is 0. The molecule has 5 heteroatoms. The van der Waals surface area contributed by atoms with Gasteiger partial charge in [0.05, 0.1) is 5.69 Å². The van der Waals surface area contributed by atoms with Crippen LogP contribution in [0.5, 0.6) is 0 Å². The van der Waals surface area contributed by atoms with Crippen molar-refractivity contribution in [2.45, 2.75) is 39.7 Å². The number of unbranched alkanes of at least 4 members (excludes halogenated alkanes) is 1. The number of amides is 1. The van der Waals surface area contributed by atoms with Crippen molar-refractivity contribution in [3.8, 4) is 0 Å². The van der Waals surface area contributed by atoms with Gasteiger partial charge in [-0.15, -0.1) is 0 Å². The summed E-state index contributed by atoms with van der Waals surface area (Å²) in [4.78, 5) is 11.2. The Hall–Kier alpha value is -1.52. The van der Waals surface area contributed by atoms with E-state index in [0.29, 0.717) is 23.5 Å². The Labute approximate surface area is 89.4 Å². The Kier molecular flexibility index (Phi) is 3.71. The lowest BCUT2D eigenvalue weighted by atomic mass is 10.2. The molecule has 0 saturated heterocycles. The summed E-state index contributed by atoms with van der Waals surface area (Å²) in [6.45, 7) is 4.76. The van der Waals surface area contributed by atoms with Gasteiger partial charge in [-0.3, -0.25) is 4.79 Å². The number of anilines is 1.